The molecular formula is C10H11N3O3. The highest BCUT2D eigenvalue weighted by Crippen LogP contribution is 2.31. The number of rotatable bonds is 1. The van der Waals surface area contributed by atoms with E-state index in [0.29, 0.717) is 5.56 Å². The quantitative estimate of drug-likeness (QED) is 0.391. The van der Waals surface area contributed by atoms with Crippen molar-refractivity contribution >= 4 is 17.3 Å². The number of quaternary nitrogens is 1. The van der Waals surface area contributed by atoms with Gasteiger partial charge in [0.05, 0.1) is 19.0 Å². The topological polar surface area (TPSA) is 78.6 Å². The van der Waals surface area contributed by atoms with E-state index in [1.54, 1.807) is 20.2 Å². The van der Waals surface area contributed by atoms with Gasteiger partial charge in [-0.15, -0.1) is 0 Å². The second-order valence-corrected chi connectivity index (χ2v) is 4.14. The normalized spacial score (nSPS) is 17.5. The van der Waals surface area contributed by atoms with E-state index < -0.39 is 4.92 Å². The Morgan fingerprint density at radius 3 is 2.75 bits per heavy atom. The number of nitro benzene ring substituents is 1. The summed E-state index contributed by atoms with van der Waals surface area (Å²) < 4.78 is 0.0894. The van der Waals surface area contributed by atoms with Crippen LogP contribution in [-0.2, 0) is 6.42 Å². The molecule has 1 aromatic rings. The van der Waals surface area contributed by atoms with E-state index in [1.807, 2.05) is 0 Å². The molecule has 0 saturated carbocycles. The zero-order valence-corrected chi connectivity index (χ0v) is 9.01. The molecule has 0 N–H and O–H groups in total. The van der Waals surface area contributed by atoms with Crippen molar-refractivity contribution < 1.29 is 10.0 Å². The van der Waals surface area contributed by atoms with Gasteiger partial charge in [0.2, 0.25) is 0 Å². The fourth-order valence-electron chi connectivity index (χ4n) is 1.89. The van der Waals surface area contributed by atoms with Gasteiger partial charge in [-0.3, -0.25) is 10.1 Å². The summed E-state index contributed by atoms with van der Waals surface area (Å²) in [5, 5.41) is 26.0. The number of fused-ring (bicyclic) bond motifs is 1. The highest BCUT2D eigenvalue weighted by molar-refractivity contribution is 5.80. The number of nitro groups is 1. The van der Waals surface area contributed by atoms with Crippen molar-refractivity contribution in [2.24, 2.45) is 5.10 Å². The molecule has 1 aromatic carbocycles. The standard InChI is InChI=1S/C10H11N3O3/c1-13(2)9-4-3-8(12(15)16)5-7(9)6-10(14)11-13/h3-5H,6H2,1-2H3. The number of hydrogen-bond donors (Lipinski definition) is 0. The van der Waals surface area contributed by atoms with Crippen LogP contribution in [0.3, 0.4) is 0 Å². The number of hydrogen-bond acceptors (Lipinski definition) is 4. The first-order chi connectivity index (χ1) is 7.40. The van der Waals surface area contributed by atoms with Crippen LogP contribution in [0.1, 0.15) is 5.56 Å². The Morgan fingerprint density at radius 2 is 2.12 bits per heavy atom. The minimum absolute atomic E-state index is 0.00782. The van der Waals surface area contributed by atoms with E-state index in [1.165, 1.54) is 12.1 Å². The minimum atomic E-state index is -0.462. The van der Waals surface area contributed by atoms with Gasteiger partial charge in [0.15, 0.2) is 5.69 Å². The summed E-state index contributed by atoms with van der Waals surface area (Å²) >= 11 is 0. The molecule has 1 aliphatic heterocycles. The summed E-state index contributed by atoms with van der Waals surface area (Å²) in [4.78, 5) is 10.2. The second-order valence-electron chi connectivity index (χ2n) is 4.14. The number of nitrogens with zero attached hydrogens (tertiary/aromatic N) is 3. The summed E-state index contributed by atoms with van der Waals surface area (Å²) in [6.07, 6.45) is 0.138. The van der Waals surface area contributed by atoms with E-state index in [2.05, 4.69) is 5.10 Å². The van der Waals surface area contributed by atoms with Crippen molar-refractivity contribution in [3.05, 3.63) is 33.9 Å². The van der Waals surface area contributed by atoms with Crippen molar-refractivity contribution in [3.63, 3.8) is 0 Å². The highest BCUT2D eigenvalue weighted by Gasteiger charge is 2.28. The molecule has 2 rings (SSSR count). The highest BCUT2D eigenvalue weighted by atomic mass is 16.6. The molecule has 0 bridgehead atoms. The number of benzene rings is 1. The first kappa shape index (κ1) is 10.6. The maximum atomic E-state index is 11.4. The molecule has 0 radical (unpaired) electrons. The van der Waals surface area contributed by atoms with Crippen LogP contribution in [0.25, 0.3) is 0 Å². The predicted octanol–water partition coefficient (Wildman–Crippen LogP) is 0.392. The Bertz CT molecular complexity index is 494. The van der Waals surface area contributed by atoms with Crippen LogP contribution < -0.4 is 9.70 Å². The molecule has 6 nitrogen and oxygen atoms in total. The van der Waals surface area contributed by atoms with E-state index in [0.717, 1.165) is 5.69 Å². The van der Waals surface area contributed by atoms with Crippen LogP contribution >= 0.6 is 0 Å². The zero-order valence-electron chi connectivity index (χ0n) is 9.01. The molecule has 6 heteroatoms. The van der Waals surface area contributed by atoms with E-state index >= 15 is 0 Å². The largest absolute Gasteiger partial charge is 0.858 e. The second kappa shape index (κ2) is 3.28. The summed E-state index contributed by atoms with van der Waals surface area (Å²) in [6.45, 7) is 0. The third-order valence-electron chi connectivity index (χ3n) is 2.57. The lowest BCUT2D eigenvalue weighted by molar-refractivity contribution is -0.384. The van der Waals surface area contributed by atoms with E-state index in [9.17, 15) is 15.2 Å². The maximum Gasteiger partial charge on any atom is 0.270 e. The van der Waals surface area contributed by atoms with Crippen molar-refractivity contribution in [2.75, 3.05) is 14.1 Å². The van der Waals surface area contributed by atoms with Crippen LogP contribution in [0.2, 0.25) is 0 Å². The predicted molar refractivity (Wildman–Crippen MR) is 57.9 cm³/mol. The maximum absolute atomic E-state index is 11.4. The van der Waals surface area contributed by atoms with Crippen molar-refractivity contribution in [1.82, 2.24) is 4.59 Å². The van der Waals surface area contributed by atoms with Gasteiger partial charge in [0, 0.05) is 36.1 Å². The summed E-state index contributed by atoms with van der Waals surface area (Å²) in [6, 6.07) is 4.54. The van der Waals surface area contributed by atoms with Gasteiger partial charge in [-0.2, -0.15) is 4.59 Å². The monoisotopic (exact) mass is 221 g/mol. The molecule has 0 spiro atoms. The molecule has 1 aliphatic rings. The van der Waals surface area contributed by atoms with Crippen LogP contribution in [-0.4, -0.2) is 24.9 Å². The van der Waals surface area contributed by atoms with Gasteiger partial charge < -0.3 is 5.11 Å². The van der Waals surface area contributed by atoms with Gasteiger partial charge in [0.1, 0.15) is 0 Å². The summed E-state index contributed by atoms with van der Waals surface area (Å²) in [5.41, 5.74) is 1.51. The van der Waals surface area contributed by atoms with E-state index in [4.69, 9.17) is 0 Å². The Labute approximate surface area is 92.2 Å². The molecule has 84 valence electrons. The third kappa shape index (κ3) is 1.63. The Balaban J connectivity index is 2.56. The van der Waals surface area contributed by atoms with Crippen LogP contribution in [0.4, 0.5) is 11.4 Å². The van der Waals surface area contributed by atoms with Gasteiger partial charge in [-0.1, -0.05) is 5.10 Å². The molecule has 0 aliphatic carbocycles. The molecule has 0 unspecified atom stereocenters. The van der Waals surface area contributed by atoms with Crippen molar-refractivity contribution in [3.8, 4) is 0 Å². The minimum Gasteiger partial charge on any atom is -0.858 e. The van der Waals surface area contributed by atoms with Gasteiger partial charge >= 0.3 is 0 Å². The molecule has 0 fully saturated rings. The molecule has 0 amide bonds. The van der Waals surface area contributed by atoms with Crippen LogP contribution in [0, 0.1) is 10.1 Å². The summed E-state index contributed by atoms with van der Waals surface area (Å²) in [7, 11) is 3.53. The van der Waals surface area contributed by atoms with E-state index in [-0.39, 0.29) is 22.6 Å². The first-order valence-corrected chi connectivity index (χ1v) is 4.78. The van der Waals surface area contributed by atoms with Gasteiger partial charge in [-0.05, 0) is 0 Å². The van der Waals surface area contributed by atoms with Crippen LogP contribution in [0.15, 0.2) is 23.3 Å². The summed E-state index contributed by atoms with van der Waals surface area (Å²) in [5.74, 6) is -0.252. The number of non-ortho nitro benzene ring substituents is 1. The van der Waals surface area contributed by atoms with Gasteiger partial charge in [0.25, 0.3) is 5.69 Å². The van der Waals surface area contributed by atoms with Crippen molar-refractivity contribution in [2.45, 2.75) is 6.42 Å². The fourth-order valence-corrected chi connectivity index (χ4v) is 1.89. The van der Waals surface area contributed by atoms with Gasteiger partial charge in [-0.25, -0.2) is 0 Å². The molecule has 0 atom stereocenters. The zero-order chi connectivity index (χ0) is 11.9. The van der Waals surface area contributed by atoms with Crippen molar-refractivity contribution in [1.29, 1.82) is 0 Å². The molecular weight excluding hydrogens is 210 g/mol. The first-order valence-electron chi connectivity index (χ1n) is 4.78. The Hall–Kier alpha value is -1.95. The average molecular weight is 221 g/mol. The smallest absolute Gasteiger partial charge is 0.270 e. The average Bonchev–Trinajstić information content (AvgIpc) is 2.14. The molecule has 1 heterocycles. The Kier molecular flexibility index (Phi) is 2.16. The molecule has 0 saturated heterocycles. The lowest BCUT2D eigenvalue weighted by atomic mass is 10.1. The lowest BCUT2D eigenvalue weighted by Crippen LogP contribution is -2.42. The molecule has 0 aromatic heterocycles. The molecule has 16 heavy (non-hydrogen) atoms. The third-order valence-corrected chi connectivity index (χ3v) is 2.57. The Morgan fingerprint density at radius 1 is 1.44 bits per heavy atom. The SMILES string of the molecule is C[N+]1(C)N=C([O-])Cc2cc([N+](=O)[O-])ccc21. The van der Waals surface area contributed by atoms with Crippen LogP contribution in [0.5, 0.6) is 0 Å². The fraction of sp³-hybridized carbons (Fsp3) is 0.300. The lowest BCUT2D eigenvalue weighted by Gasteiger charge is -2.30.